The van der Waals surface area contributed by atoms with Gasteiger partial charge >= 0.3 is 0 Å². The maximum Gasteiger partial charge on any atom is 0.0795 e. The molecule has 0 N–H and O–H groups in total. The van der Waals surface area contributed by atoms with E-state index in [1.54, 1.807) is 11.3 Å². The van der Waals surface area contributed by atoms with E-state index in [1.165, 1.54) is 109 Å². The number of hydrogen-bond donors (Lipinski definition) is 0. The second kappa shape index (κ2) is 10.3. The fourth-order valence-electron chi connectivity index (χ4n) is 5.46. The smallest absolute Gasteiger partial charge is 0.0795 e. The summed E-state index contributed by atoms with van der Waals surface area (Å²) in [4.78, 5) is 12.8. The maximum absolute atomic E-state index is 4.57. The van der Waals surface area contributed by atoms with Crippen molar-refractivity contribution >= 4 is 11.3 Å². The quantitative estimate of drug-likeness (QED) is 0.667. The van der Waals surface area contributed by atoms with Crippen LogP contribution in [0.15, 0.2) is 10.9 Å². The topological polar surface area (TPSA) is 22.6 Å². The van der Waals surface area contributed by atoms with Gasteiger partial charge in [0.05, 0.1) is 11.2 Å². The molecule has 4 nitrogen and oxygen atoms in total. The van der Waals surface area contributed by atoms with Gasteiger partial charge in [-0.05, 0) is 64.1 Å². The summed E-state index contributed by atoms with van der Waals surface area (Å²) >= 11 is 1.73. The van der Waals surface area contributed by atoms with Gasteiger partial charge in [-0.3, -0.25) is 4.90 Å². The van der Waals surface area contributed by atoms with Crippen LogP contribution in [0.2, 0.25) is 0 Å². The zero-order valence-electron chi connectivity index (χ0n) is 17.0. The van der Waals surface area contributed by atoms with Gasteiger partial charge in [0.25, 0.3) is 0 Å². The molecule has 3 fully saturated rings. The average Bonchev–Trinajstić information content (AvgIpc) is 3.41. The van der Waals surface area contributed by atoms with Crippen molar-refractivity contribution in [3.8, 4) is 0 Å². The summed E-state index contributed by atoms with van der Waals surface area (Å²) < 4.78 is 0. The van der Waals surface area contributed by atoms with Crippen LogP contribution in [-0.2, 0) is 6.54 Å². The summed E-state index contributed by atoms with van der Waals surface area (Å²) in [5, 5.41) is 2.24. The van der Waals surface area contributed by atoms with Crippen molar-refractivity contribution in [2.24, 2.45) is 5.92 Å². The van der Waals surface area contributed by atoms with Crippen molar-refractivity contribution in [2.45, 2.75) is 70.4 Å². The number of nitrogens with zero attached hydrogens (tertiary/aromatic N) is 4. The van der Waals surface area contributed by atoms with Crippen LogP contribution in [0.5, 0.6) is 0 Å². The van der Waals surface area contributed by atoms with E-state index in [9.17, 15) is 0 Å². The molecule has 2 saturated heterocycles. The molecule has 27 heavy (non-hydrogen) atoms. The van der Waals surface area contributed by atoms with Gasteiger partial charge in [-0.15, -0.1) is 11.3 Å². The Balaban J connectivity index is 1.31. The van der Waals surface area contributed by atoms with Gasteiger partial charge in [0.2, 0.25) is 0 Å². The van der Waals surface area contributed by atoms with Crippen molar-refractivity contribution in [1.29, 1.82) is 0 Å². The molecule has 152 valence electrons. The first-order valence-corrected chi connectivity index (χ1v) is 12.4. The lowest BCUT2D eigenvalue weighted by Gasteiger charge is -2.39. The third-order valence-electron chi connectivity index (χ3n) is 6.96. The van der Waals surface area contributed by atoms with Crippen molar-refractivity contribution < 1.29 is 0 Å². The first-order chi connectivity index (χ1) is 13.4. The number of aromatic nitrogens is 1. The summed E-state index contributed by atoms with van der Waals surface area (Å²) in [5.41, 5.74) is 3.25. The first-order valence-electron chi connectivity index (χ1n) is 11.4. The Hall–Kier alpha value is -0.490. The number of rotatable bonds is 8. The van der Waals surface area contributed by atoms with Gasteiger partial charge in [0.15, 0.2) is 0 Å². The standard InChI is InChI=1S/C22H38N4S/c1-4-10-24(11-5-1)13-14-25(17-21-18-27-19-23-21)15-20-7-6-12-26(16-20)22-8-2-3-9-22/h18-20,22H,1-17H2/t20-/m0/s1. The lowest BCUT2D eigenvalue weighted by atomic mass is 9.95. The molecule has 5 heteroatoms. The minimum Gasteiger partial charge on any atom is -0.302 e. The highest BCUT2D eigenvalue weighted by Crippen LogP contribution is 2.28. The fraction of sp³-hybridized carbons (Fsp3) is 0.864. The first kappa shape index (κ1) is 19.8. The zero-order chi connectivity index (χ0) is 18.3. The molecule has 3 heterocycles. The molecular formula is C22H38N4S. The fourth-order valence-corrected chi connectivity index (χ4v) is 6.01. The molecule has 1 aromatic heterocycles. The third kappa shape index (κ3) is 5.99. The number of piperidine rings is 2. The van der Waals surface area contributed by atoms with Crippen LogP contribution >= 0.6 is 11.3 Å². The number of hydrogen-bond acceptors (Lipinski definition) is 5. The van der Waals surface area contributed by atoms with Crippen molar-refractivity contribution in [3.05, 3.63) is 16.6 Å². The maximum atomic E-state index is 4.57. The predicted molar refractivity (Wildman–Crippen MR) is 114 cm³/mol. The Bertz CT molecular complexity index is 522. The van der Waals surface area contributed by atoms with Crippen molar-refractivity contribution in [2.75, 3.05) is 45.8 Å². The highest BCUT2D eigenvalue weighted by atomic mass is 32.1. The van der Waals surface area contributed by atoms with Crippen LogP contribution in [0.4, 0.5) is 0 Å². The Morgan fingerprint density at radius 3 is 2.63 bits per heavy atom. The minimum atomic E-state index is 0.847. The molecule has 1 atom stereocenters. The number of thiazole rings is 1. The van der Waals surface area contributed by atoms with Crippen molar-refractivity contribution in [1.82, 2.24) is 19.7 Å². The Morgan fingerprint density at radius 2 is 1.85 bits per heavy atom. The molecule has 0 bridgehead atoms. The molecule has 2 aliphatic heterocycles. The zero-order valence-corrected chi connectivity index (χ0v) is 17.8. The molecule has 0 unspecified atom stereocenters. The highest BCUT2D eigenvalue weighted by molar-refractivity contribution is 7.07. The summed E-state index contributed by atoms with van der Waals surface area (Å²) in [6, 6.07) is 0.896. The third-order valence-corrected chi connectivity index (χ3v) is 7.59. The molecule has 0 amide bonds. The Labute approximate surface area is 169 Å². The normalized spacial score (nSPS) is 26.2. The lowest BCUT2D eigenvalue weighted by molar-refractivity contribution is 0.0909. The van der Waals surface area contributed by atoms with Crippen LogP contribution in [0.1, 0.15) is 63.5 Å². The molecule has 3 aliphatic rings. The van der Waals surface area contributed by atoms with Crippen LogP contribution < -0.4 is 0 Å². The van der Waals surface area contributed by atoms with E-state index in [-0.39, 0.29) is 0 Å². The van der Waals surface area contributed by atoms with E-state index in [4.69, 9.17) is 0 Å². The highest BCUT2D eigenvalue weighted by Gasteiger charge is 2.29. The lowest BCUT2D eigenvalue weighted by Crippen LogP contribution is -2.46. The van der Waals surface area contributed by atoms with Gasteiger partial charge in [0, 0.05) is 44.1 Å². The number of likely N-dealkylation sites (tertiary alicyclic amines) is 2. The molecule has 1 aromatic rings. The van der Waals surface area contributed by atoms with Crippen LogP contribution in [0, 0.1) is 5.92 Å². The predicted octanol–water partition coefficient (Wildman–Crippen LogP) is 4.09. The Morgan fingerprint density at radius 1 is 1.00 bits per heavy atom. The van der Waals surface area contributed by atoms with E-state index in [2.05, 4.69) is 25.1 Å². The summed E-state index contributed by atoms with van der Waals surface area (Å²) in [5.74, 6) is 0.847. The van der Waals surface area contributed by atoms with Gasteiger partial charge in [-0.1, -0.05) is 19.3 Å². The second-order valence-corrected chi connectivity index (χ2v) is 9.78. The summed E-state index contributed by atoms with van der Waals surface area (Å²) in [6.07, 6.45) is 12.8. The van der Waals surface area contributed by atoms with Crippen molar-refractivity contribution in [3.63, 3.8) is 0 Å². The van der Waals surface area contributed by atoms with Crippen LogP contribution in [0.3, 0.4) is 0 Å². The monoisotopic (exact) mass is 390 g/mol. The molecule has 0 spiro atoms. The Kier molecular flexibility index (Phi) is 7.58. The molecule has 4 rings (SSSR count). The van der Waals surface area contributed by atoms with Gasteiger partial charge < -0.3 is 9.80 Å². The van der Waals surface area contributed by atoms with Gasteiger partial charge in [-0.25, -0.2) is 4.98 Å². The van der Waals surface area contributed by atoms with E-state index >= 15 is 0 Å². The van der Waals surface area contributed by atoms with E-state index < -0.39 is 0 Å². The average molecular weight is 391 g/mol. The summed E-state index contributed by atoms with van der Waals surface area (Å²) in [7, 11) is 0. The molecular weight excluding hydrogens is 352 g/mol. The summed E-state index contributed by atoms with van der Waals surface area (Å²) in [6.45, 7) is 10.0. The molecule has 0 radical (unpaired) electrons. The SMILES string of the molecule is c1nc(CN(CCN2CCCCC2)C[C@@H]2CCCN(C3CCCC3)C2)cs1. The second-order valence-electron chi connectivity index (χ2n) is 9.06. The minimum absolute atomic E-state index is 0.847. The van der Waals surface area contributed by atoms with Crippen LogP contribution in [-0.4, -0.2) is 71.5 Å². The van der Waals surface area contributed by atoms with E-state index in [0.717, 1.165) is 18.5 Å². The van der Waals surface area contributed by atoms with Gasteiger partial charge in [-0.2, -0.15) is 0 Å². The van der Waals surface area contributed by atoms with Gasteiger partial charge in [0.1, 0.15) is 0 Å². The van der Waals surface area contributed by atoms with E-state index in [1.807, 2.05) is 5.51 Å². The molecule has 0 aromatic carbocycles. The molecule has 1 saturated carbocycles. The largest absolute Gasteiger partial charge is 0.302 e. The molecule has 1 aliphatic carbocycles. The van der Waals surface area contributed by atoms with Crippen LogP contribution in [0.25, 0.3) is 0 Å². The van der Waals surface area contributed by atoms with E-state index in [0.29, 0.717) is 0 Å².